The van der Waals surface area contributed by atoms with E-state index in [0.717, 1.165) is 11.3 Å². The van der Waals surface area contributed by atoms with Crippen molar-refractivity contribution in [3.05, 3.63) is 29.8 Å². The number of benzene rings is 1. The SMILES string of the molecule is CCC(=O)c1ccccc1N1CCOC(C#N)C1. The summed E-state index contributed by atoms with van der Waals surface area (Å²) in [7, 11) is 0. The van der Waals surface area contributed by atoms with Crippen LogP contribution in [0.15, 0.2) is 24.3 Å². The van der Waals surface area contributed by atoms with E-state index < -0.39 is 6.10 Å². The molecule has 4 nitrogen and oxygen atoms in total. The molecule has 1 unspecified atom stereocenters. The third-order valence-electron chi connectivity index (χ3n) is 3.08. The average Bonchev–Trinajstić information content (AvgIpc) is 2.46. The molecule has 0 amide bonds. The Kier molecular flexibility index (Phi) is 3.96. The number of hydrogen-bond acceptors (Lipinski definition) is 4. The Morgan fingerprint density at radius 3 is 3.06 bits per heavy atom. The minimum Gasteiger partial charge on any atom is -0.365 e. The average molecular weight is 244 g/mol. The fourth-order valence-electron chi connectivity index (χ4n) is 2.12. The van der Waals surface area contributed by atoms with Crippen LogP contribution in [0.3, 0.4) is 0 Å². The molecule has 0 aliphatic carbocycles. The number of Topliss-reactive ketones (excluding diaryl/α,β-unsaturated/α-hetero) is 1. The second kappa shape index (κ2) is 5.65. The van der Waals surface area contributed by atoms with Gasteiger partial charge in [0.2, 0.25) is 0 Å². The molecule has 4 heteroatoms. The van der Waals surface area contributed by atoms with Gasteiger partial charge in [-0.05, 0) is 12.1 Å². The maximum atomic E-state index is 11.9. The monoisotopic (exact) mass is 244 g/mol. The second-order valence-corrected chi connectivity index (χ2v) is 4.23. The van der Waals surface area contributed by atoms with Gasteiger partial charge in [-0.15, -0.1) is 0 Å². The zero-order chi connectivity index (χ0) is 13.0. The first-order valence-electron chi connectivity index (χ1n) is 6.14. The number of carbonyl (C=O) groups is 1. The molecular formula is C14H16N2O2. The van der Waals surface area contributed by atoms with Crippen molar-refractivity contribution in [3.8, 4) is 6.07 Å². The number of anilines is 1. The van der Waals surface area contributed by atoms with E-state index in [1.165, 1.54) is 0 Å². The van der Waals surface area contributed by atoms with Crippen LogP contribution in [0.4, 0.5) is 5.69 Å². The zero-order valence-corrected chi connectivity index (χ0v) is 10.4. The lowest BCUT2D eigenvalue weighted by Gasteiger charge is -2.32. The van der Waals surface area contributed by atoms with E-state index in [2.05, 4.69) is 11.0 Å². The summed E-state index contributed by atoms with van der Waals surface area (Å²) in [6, 6.07) is 9.68. The molecule has 1 aromatic rings. The number of morpholine rings is 1. The van der Waals surface area contributed by atoms with Gasteiger partial charge < -0.3 is 9.64 Å². The summed E-state index contributed by atoms with van der Waals surface area (Å²) in [5.41, 5.74) is 1.64. The number of rotatable bonds is 3. The van der Waals surface area contributed by atoms with E-state index in [1.54, 1.807) is 0 Å². The van der Waals surface area contributed by atoms with Gasteiger partial charge in [0.05, 0.1) is 19.2 Å². The van der Waals surface area contributed by atoms with Gasteiger partial charge in [0.15, 0.2) is 11.9 Å². The largest absolute Gasteiger partial charge is 0.365 e. The molecule has 1 saturated heterocycles. The number of ether oxygens (including phenoxy) is 1. The zero-order valence-electron chi connectivity index (χ0n) is 10.4. The normalized spacial score (nSPS) is 19.3. The summed E-state index contributed by atoms with van der Waals surface area (Å²) in [6.07, 6.45) is 0.0757. The number of ketones is 1. The highest BCUT2D eigenvalue weighted by molar-refractivity contribution is 6.01. The van der Waals surface area contributed by atoms with Crippen molar-refractivity contribution in [1.29, 1.82) is 5.26 Å². The van der Waals surface area contributed by atoms with Gasteiger partial charge in [-0.2, -0.15) is 5.26 Å². The van der Waals surface area contributed by atoms with Crippen LogP contribution < -0.4 is 4.90 Å². The maximum Gasteiger partial charge on any atom is 0.164 e. The van der Waals surface area contributed by atoms with E-state index in [1.807, 2.05) is 31.2 Å². The van der Waals surface area contributed by atoms with Gasteiger partial charge >= 0.3 is 0 Å². The molecule has 2 rings (SSSR count). The van der Waals surface area contributed by atoms with Crippen molar-refractivity contribution >= 4 is 11.5 Å². The molecule has 0 saturated carbocycles. The Balaban J connectivity index is 2.27. The highest BCUT2D eigenvalue weighted by atomic mass is 16.5. The summed E-state index contributed by atoms with van der Waals surface area (Å²) in [5.74, 6) is 0.130. The van der Waals surface area contributed by atoms with Gasteiger partial charge in [0.25, 0.3) is 0 Å². The van der Waals surface area contributed by atoms with Crippen LogP contribution >= 0.6 is 0 Å². The Morgan fingerprint density at radius 1 is 1.56 bits per heavy atom. The summed E-state index contributed by atoms with van der Waals surface area (Å²) >= 11 is 0. The molecular weight excluding hydrogens is 228 g/mol. The lowest BCUT2D eigenvalue weighted by atomic mass is 10.1. The van der Waals surface area contributed by atoms with Crippen LogP contribution in [0.2, 0.25) is 0 Å². The van der Waals surface area contributed by atoms with Crippen molar-refractivity contribution < 1.29 is 9.53 Å². The Labute approximate surface area is 107 Å². The molecule has 1 fully saturated rings. The molecule has 1 aromatic carbocycles. The van der Waals surface area contributed by atoms with Crippen molar-refractivity contribution in [2.45, 2.75) is 19.4 Å². The van der Waals surface area contributed by atoms with Crippen molar-refractivity contribution in [3.63, 3.8) is 0 Å². The van der Waals surface area contributed by atoms with E-state index in [-0.39, 0.29) is 5.78 Å². The van der Waals surface area contributed by atoms with E-state index in [0.29, 0.717) is 26.1 Å². The number of hydrogen-bond donors (Lipinski definition) is 0. The number of nitrogens with zero attached hydrogens (tertiary/aromatic N) is 2. The molecule has 0 aromatic heterocycles. The standard InChI is InChI=1S/C14H16N2O2/c1-2-14(17)12-5-3-4-6-13(12)16-7-8-18-11(9-15)10-16/h3-6,11H,2,7-8,10H2,1H3. The predicted octanol–water partition coefficient (Wildman–Crippen LogP) is 2.01. The molecule has 1 aliphatic heterocycles. The number of nitriles is 1. The fraction of sp³-hybridized carbons (Fsp3) is 0.429. The Morgan fingerprint density at radius 2 is 2.33 bits per heavy atom. The van der Waals surface area contributed by atoms with E-state index >= 15 is 0 Å². The molecule has 94 valence electrons. The first-order chi connectivity index (χ1) is 8.76. The third kappa shape index (κ3) is 2.52. The van der Waals surface area contributed by atoms with Crippen LogP contribution in [0, 0.1) is 11.3 Å². The topological polar surface area (TPSA) is 53.3 Å². The fourth-order valence-corrected chi connectivity index (χ4v) is 2.12. The predicted molar refractivity (Wildman–Crippen MR) is 68.6 cm³/mol. The summed E-state index contributed by atoms with van der Waals surface area (Å²) in [5, 5.41) is 8.91. The van der Waals surface area contributed by atoms with Crippen LogP contribution in [0.5, 0.6) is 0 Å². The molecule has 18 heavy (non-hydrogen) atoms. The highest BCUT2D eigenvalue weighted by Crippen LogP contribution is 2.23. The van der Waals surface area contributed by atoms with Crippen molar-refractivity contribution in [2.75, 3.05) is 24.6 Å². The highest BCUT2D eigenvalue weighted by Gasteiger charge is 2.23. The minimum absolute atomic E-state index is 0.130. The lowest BCUT2D eigenvalue weighted by Crippen LogP contribution is -2.42. The van der Waals surface area contributed by atoms with E-state index in [9.17, 15) is 4.79 Å². The molecule has 0 radical (unpaired) electrons. The Bertz CT molecular complexity index is 479. The smallest absolute Gasteiger partial charge is 0.164 e. The minimum atomic E-state index is -0.413. The lowest BCUT2D eigenvalue weighted by molar-refractivity contribution is 0.0762. The Hall–Kier alpha value is -1.86. The van der Waals surface area contributed by atoms with Gasteiger partial charge in [0, 0.05) is 24.2 Å². The molecule has 0 bridgehead atoms. The molecule has 1 heterocycles. The molecule has 0 N–H and O–H groups in total. The second-order valence-electron chi connectivity index (χ2n) is 4.23. The van der Waals surface area contributed by atoms with Gasteiger partial charge in [-0.1, -0.05) is 19.1 Å². The molecule has 1 aliphatic rings. The van der Waals surface area contributed by atoms with Crippen molar-refractivity contribution in [1.82, 2.24) is 0 Å². The maximum absolute atomic E-state index is 11.9. The first kappa shape index (κ1) is 12.6. The summed E-state index contributed by atoms with van der Waals surface area (Å²) in [6.45, 7) is 3.61. The van der Waals surface area contributed by atoms with Crippen LogP contribution in [-0.2, 0) is 4.74 Å². The van der Waals surface area contributed by atoms with Crippen LogP contribution in [0.1, 0.15) is 23.7 Å². The number of para-hydroxylation sites is 1. The first-order valence-corrected chi connectivity index (χ1v) is 6.14. The molecule has 1 atom stereocenters. The molecule has 0 spiro atoms. The quantitative estimate of drug-likeness (QED) is 0.763. The third-order valence-corrected chi connectivity index (χ3v) is 3.08. The summed E-state index contributed by atoms with van der Waals surface area (Å²) < 4.78 is 5.32. The summed E-state index contributed by atoms with van der Waals surface area (Å²) in [4.78, 5) is 14.0. The van der Waals surface area contributed by atoms with Crippen LogP contribution in [0.25, 0.3) is 0 Å². The van der Waals surface area contributed by atoms with Crippen molar-refractivity contribution in [2.24, 2.45) is 0 Å². The van der Waals surface area contributed by atoms with Gasteiger partial charge in [0.1, 0.15) is 0 Å². The van der Waals surface area contributed by atoms with Crippen LogP contribution in [-0.4, -0.2) is 31.6 Å². The van der Waals surface area contributed by atoms with Gasteiger partial charge in [-0.3, -0.25) is 4.79 Å². The number of carbonyl (C=O) groups excluding carboxylic acids is 1. The van der Waals surface area contributed by atoms with E-state index in [4.69, 9.17) is 10.00 Å². The van der Waals surface area contributed by atoms with Gasteiger partial charge in [-0.25, -0.2) is 0 Å².